The molecule has 6 saturated carbocycles. The van der Waals surface area contributed by atoms with Gasteiger partial charge in [0.05, 0.1) is 59.0 Å². The normalized spacial score (nSPS) is 32.9. The second-order valence-corrected chi connectivity index (χ2v) is 25.4. The molecule has 0 bridgehead atoms. The third-order valence-corrected chi connectivity index (χ3v) is 19.4. The van der Waals surface area contributed by atoms with Gasteiger partial charge in [-0.3, -0.25) is 43.5 Å². The van der Waals surface area contributed by atoms with Crippen LogP contribution in [-0.4, -0.2) is 141 Å². The summed E-state index contributed by atoms with van der Waals surface area (Å²) in [5.74, 6) is -6.42. The molecule has 1 aromatic carbocycles. The van der Waals surface area contributed by atoms with Crippen LogP contribution in [0.1, 0.15) is 108 Å². The molecule has 0 saturated heterocycles. The van der Waals surface area contributed by atoms with Gasteiger partial charge in [0.2, 0.25) is 43.7 Å². The lowest BCUT2D eigenvalue weighted by Crippen LogP contribution is -2.54. The number of anilines is 1. The van der Waals surface area contributed by atoms with E-state index in [0.717, 1.165) is 32.1 Å². The van der Waals surface area contributed by atoms with Crippen molar-refractivity contribution in [2.24, 2.45) is 35.5 Å². The van der Waals surface area contributed by atoms with Gasteiger partial charge in [-0.25, -0.2) is 21.6 Å². The van der Waals surface area contributed by atoms with Gasteiger partial charge in [-0.05, 0) is 115 Å². The number of nitrogens with zero attached hydrogens (tertiary/aromatic N) is 3. The van der Waals surface area contributed by atoms with E-state index >= 15 is 0 Å². The van der Waals surface area contributed by atoms with Crippen molar-refractivity contribution in [1.82, 2.24) is 29.9 Å². The zero-order chi connectivity index (χ0) is 54.0. The molecular formula is C51H68N8O14S2. The summed E-state index contributed by atoms with van der Waals surface area (Å²) >= 11 is 0. The molecule has 6 aliphatic carbocycles. The minimum absolute atomic E-state index is 0.0314. The van der Waals surface area contributed by atoms with E-state index in [1.165, 1.54) is 25.3 Å². The van der Waals surface area contributed by atoms with E-state index in [4.69, 9.17) is 9.47 Å². The first kappa shape index (κ1) is 55.2. The Morgan fingerprint density at radius 2 is 1.17 bits per heavy atom. The fourth-order valence-electron chi connectivity index (χ4n) is 10.9. The maximum Gasteiger partial charge on any atom is 0.411 e. The van der Waals surface area contributed by atoms with Crippen LogP contribution in [0.25, 0.3) is 0 Å². The van der Waals surface area contributed by atoms with Crippen LogP contribution >= 0.6 is 0 Å². The predicted molar refractivity (Wildman–Crippen MR) is 269 cm³/mol. The average Bonchev–Trinajstić information content (AvgIpc) is 4.18. The summed E-state index contributed by atoms with van der Waals surface area (Å²) < 4.78 is 64.9. The number of allylic oxidation sites excluding steroid dienone is 2. The predicted octanol–water partition coefficient (Wildman–Crippen LogP) is 2.25. The molecule has 9 rings (SSSR count). The highest BCUT2D eigenvalue weighted by Gasteiger charge is 2.63. The first-order valence-corrected chi connectivity index (χ1v) is 29.0. The molecule has 24 heteroatoms. The number of nitrogens with one attached hydrogen (secondary N) is 5. The van der Waals surface area contributed by atoms with Crippen molar-refractivity contribution in [1.29, 1.82) is 5.26 Å². The third-order valence-electron chi connectivity index (χ3n) is 15.8. The minimum atomic E-state index is -3.84. The SMILES string of the molecule is CN1CCCC/C=C\[C@@H]2C[C@@]2(C(=O)NS(=O)(=O)C2CC2)NC(=O)[C@@H]2C[C@@H](O)C[C@H]2C1=O.COc1cc(C#N)cc(NC(=O)O[C@@H]2C[C@H]3C(=O)N[C@]4(C(=O)NS(=O)(=O)C5CC5)C[C@H]4/C=C\CCCCN(C)C(=O)[C@@H]3C2)c1. The summed E-state index contributed by atoms with van der Waals surface area (Å²) in [6.45, 7) is 1.08. The lowest BCUT2D eigenvalue weighted by molar-refractivity contribution is -0.141. The molecule has 0 unspecified atom stereocenters. The Labute approximate surface area is 437 Å². The molecule has 22 nitrogen and oxygen atoms in total. The van der Waals surface area contributed by atoms with Crippen LogP contribution in [0.4, 0.5) is 10.5 Å². The van der Waals surface area contributed by atoms with E-state index in [1.54, 1.807) is 23.9 Å². The highest BCUT2D eigenvalue weighted by molar-refractivity contribution is 7.91. The van der Waals surface area contributed by atoms with Crippen molar-refractivity contribution < 1.29 is 65.0 Å². The van der Waals surface area contributed by atoms with Gasteiger partial charge in [0.1, 0.15) is 22.9 Å². The molecule has 1 aromatic rings. The summed E-state index contributed by atoms with van der Waals surface area (Å²) in [4.78, 5) is 95.8. The number of aliphatic hydroxyl groups is 1. The number of methoxy groups -OCH3 is 1. The second-order valence-electron chi connectivity index (χ2n) is 21.5. The first-order chi connectivity index (χ1) is 35.6. The van der Waals surface area contributed by atoms with E-state index in [9.17, 15) is 60.8 Å². The average molecular weight is 1080 g/mol. The number of benzene rings is 1. The number of hydrogen-bond donors (Lipinski definition) is 6. The van der Waals surface area contributed by atoms with Crippen LogP contribution in [-0.2, 0) is 53.6 Å². The van der Waals surface area contributed by atoms with Gasteiger partial charge in [-0.2, -0.15) is 5.26 Å². The van der Waals surface area contributed by atoms with Gasteiger partial charge in [-0.1, -0.05) is 24.3 Å². The van der Waals surface area contributed by atoms with Crippen LogP contribution in [0.3, 0.4) is 0 Å². The van der Waals surface area contributed by atoms with Crippen LogP contribution in [0.15, 0.2) is 42.5 Å². The number of sulfonamides is 2. The molecule has 75 heavy (non-hydrogen) atoms. The minimum Gasteiger partial charge on any atom is -0.497 e. The number of carbonyl (C=O) groups excluding carboxylic acids is 7. The van der Waals surface area contributed by atoms with E-state index in [1.807, 2.05) is 30.4 Å². The lowest BCUT2D eigenvalue weighted by atomic mass is 9.93. The molecule has 408 valence electrons. The van der Waals surface area contributed by atoms with Crippen molar-refractivity contribution in [3.05, 3.63) is 48.1 Å². The van der Waals surface area contributed by atoms with Gasteiger partial charge in [0.15, 0.2) is 0 Å². The topological polar surface area (TPSA) is 317 Å². The number of amides is 7. The summed E-state index contributed by atoms with van der Waals surface area (Å²) in [5.41, 5.74) is -2.23. The smallest absolute Gasteiger partial charge is 0.411 e. The summed E-state index contributed by atoms with van der Waals surface area (Å²) in [7, 11) is -2.78. The molecule has 0 radical (unpaired) electrons. The quantitative estimate of drug-likeness (QED) is 0.193. The number of fused-ring (bicyclic) bond motifs is 4. The van der Waals surface area contributed by atoms with Gasteiger partial charge in [-0.15, -0.1) is 0 Å². The zero-order valence-corrected chi connectivity index (χ0v) is 44.1. The number of rotatable bonds is 9. The van der Waals surface area contributed by atoms with E-state index in [-0.39, 0.29) is 67.0 Å². The number of hydrogen-bond acceptors (Lipinski definition) is 15. The highest BCUT2D eigenvalue weighted by atomic mass is 32.2. The summed E-state index contributed by atoms with van der Waals surface area (Å²) in [6.07, 6.45) is 13.0. The van der Waals surface area contributed by atoms with Gasteiger partial charge >= 0.3 is 6.09 Å². The molecule has 2 heterocycles. The molecule has 6 fully saturated rings. The maximum absolute atomic E-state index is 13.8. The van der Waals surface area contributed by atoms with Crippen LogP contribution in [0.2, 0.25) is 0 Å². The Hall–Kier alpha value is -6.06. The highest BCUT2D eigenvalue weighted by Crippen LogP contribution is 2.48. The van der Waals surface area contributed by atoms with Crippen molar-refractivity contribution in [3.63, 3.8) is 0 Å². The number of ether oxygens (including phenoxy) is 2. The maximum atomic E-state index is 13.8. The van der Waals surface area contributed by atoms with E-state index in [2.05, 4.69) is 25.4 Å². The number of aliphatic hydroxyl groups excluding tert-OH is 1. The number of nitriles is 1. The molecule has 2 aliphatic heterocycles. The van der Waals surface area contributed by atoms with Crippen molar-refractivity contribution in [3.8, 4) is 11.8 Å². The second kappa shape index (κ2) is 22.3. The van der Waals surface area contributed by atoms with Gasteiger partial charge < -0.3 is 35.0 Å². The lowest BCUT2D eigenvalue weighted by Gasteiger charge is -2.26. The molecule has 7 amide bonds. The Bertz CT molecular complexity index is 2780. The fourth-order valence-corrected chi connectivity index (χ4v) is 13.6. The van der Waals surface area contributed by atoms with Crippen molar-refractivity contribution in [2.75, 3.05) is 39.6 Å². The Morgan fingerprint density at radius 1 is 0.707 bits per heavy atom. The Kier molecular flexibility index (Phi) is 16.4. The Morgan fingerprint density at radius 3 is 1.65 bits per heavy atom. The fraction of sp³-hybridized carbons (Fsp3) is 0.647. The molecule has 6 N–H and O–H groups in total. The van der Waals surface area contributed by atoms with E-state index in [0.29, 0.717) is 57.4 Å². The number of carbonyl (C=O) groups is 7. The summed E-state index contributed by atoms with van der Waals surface area (Å²) in [5, 5.41) is 26.4. The molecule has 0 aromatic heterocycles. The van der Waals surface area contributed by atoms with E-state index < -0.39 is 107 Å². The molecule has 0 spiro atoms. The zero-order valence-electron chi connectivity index (χ0n) is 42.5. The van der Waals surface area contributed by atoms with Crippen molar-refractivity contribution in [2.45, 2.75) is 137 Å². The van der Waals surface area contributed by atoms with Crippen molar-refractivity contribution >= 4 is 67.3 Å². The monoisotopic (exact) mass is 1080 g/mol. The standard InChI is InChI=1S/C30H37N5O8S.C21H31N3O6S/c1-35-10-6-4-3-5-7-19-16-30(19,28(38)34-44(40,41)23-8-9-23)33-26(36)24-14-22(15-25(24)27(35)37)43-29(39)32-20-11-18(17-31)12-21(13-20)42-2;1-24-9-5-3-2-4-6-13-12-21(13,20(28)23-31(29,30)15-7-8-15)22-18(26)16-10-14(25)11-17(16)19(24)27/h5,7,11-13,19,22-25H,3-4,6,8-10,14-16H2,1-2H3,(H,32,39)(H,33,36)(H,34,38);4,6,13-17,25H,2-3,5,7-12H2,1H3,(H,22,26)(H,23,28)/b7-5-;6-4-/t19-,22-,24-,25-,30-;13-,14-,16-,17-,21-/m11/s1. The van der Waals surface area contributed by atoms with Crippen LogP contribution in [0, 0.1) is 46.8 Å². The molecule has 10 atom stereocenters. The Balaban J connectivity index is 0.000000211. The van der Waals surface area contributed by atoms with Crippen LogP contribution in [0.5, 0.6) is 5.75 Å². The molecule has 8 aliphatic rings. The van der Waals surface area contributed by atoms with Crippen LogP contribution < -0.4 is 30.1 Å². The van der Waals surface area contributed by atoms with Gasteiger partial charge in [0.25, 0.3) is 11.8 Å². The largest absolute Gasteiger partial charge is 0.497 e. The third kappa shape index (κ3) is 12.8. The first-order valence-electron chi connectivity index (χ1n) is 25.9. The van der Waals surface area contributed by atoms with Gasteiger partial charge in [0, 0.05) is 50.8 Å². The summed E-state index contributed by atoms with van der Waals surface area (Å²) in [6, 6.07) is 6.48. The molecular weight excluding hydrogens is 1010 g/mol.